The van der Waals surface area contributed by atoms with Gasteiger partial charge in [0.2, 0.25) is 5.91 Å². The Morgan fingerprint density at radius 3 is 2.53 bits per heavy atom. The van der Waals surface area contributed by atoms with E-state index in [4.69, 9.17) is 4.74 Å². The lowest BCUT2D eigenvalue weighted by Crippen LogP contribution is -2.34. The van der Waals surface area contributed by atoms with Gasteiger partial charge in [0.25, 0.3) is 0 Å². The zero-order valence-electron chi connectivity index (χ0n) is 12.0. The maximum Gasteiger partial charge on any atom is 0.234 e. The molecule has 0 bridgehead atoms. The van der Waals surface area contributed by atoms with Crippen molar-refractivity contribution in [1.29, 1.82) is 0 Å². The molecule has 0 radical (unpaired) electrons. The van der Waals surface area contributed by atoms with E-state index < -0.39 is 0 Å². The van der Waals surface area contributed by atoms with Crippen LogP contribution >= 0.6 is 0 Å². The summed E-state index contributed by atoms with van der Waals surface area (Å²) in [6, 6.07) is 7.68. The van der Waals surface area contributed by atoms with Crippen molar-refractivity contribution < 1.29 is 9.53 Å². The smallest absolute Gasteiger partial charge is 0.234 e. The van der Waals surface area contributed by atoms with Gasteiger partial charge in [-0.3, -0.25) is 4.79 Å². The van der Waals surface area contributed by atoms with Crippen LogP contribution in [0.25, 0.3) is 0 Å². The summed E-state index contributed by atoms with van der Waals surface area (Å²) < 4.78 is 5.08. The Morgan fingerprint density at radius 2 is 1.95 bits per heavy atom. The van der Waals surface area contributed by atoms with E-state index >= 15 is 0 Å². The van der Waals surface area contributed by atoms with Gasteiger partial charge in [0, 0.05) is 6.54 Å². The van der Waals surface area contributed by atoms with Crippen molar-refractivity contribution in [1.82, 2.24) is 10.6 Å². The van der Waals surface area contributed by atoms with E-state index in [1.54, 1.807) is 7.11 Å². The maximum atomic E-state index is 11.6. The first kappa shape index (κ1) is 15.5. The molecule has 106 valence electrons. The molecule has 19 heavy (non-hydrogen) atoms. The minimum Gasteiger partial charge on any atom is -0.497 e. The Morgan fingerprint density at radius 1 is 1.26 bits per heavy atom. The summed E-state index contributed by atoms with van der Waals surface area (Å²) in [5.74, 6) is 1.51. The summed E-state index contributed by atoms with van der Waals surface area (Å²) in [5.41, 5.74) is 1.07. The molecule has 0 saturated heterocycles. The molecule has 1 aromatic carbocycles. The molecule has 0 unspecified atom stereocenters. The predicted molar refractivity (Wildman–Crippen MR) is 77.2 cm³/mol. The highest BCUT2D eigenvalue weighted by molar-refractivity contribution is 5.77. The lowest BCUT2D eigenvalue weighted by Gasteiger charge is -2.08. The van der Waals surface area contributed by atoms with Gasteiger partial charge in [0.1, 0.15) is 5.75 Å². The Balaban J connectivity index is 2.18. The second-order valence-electron chi connectivity index (χ2n) is 4.98. The van der Waals surface area contributed by atoms with Crippen LogP contribution in [0.5, 0.6) is 5.75 Å². The molecule has 2 N–H and O–H groups in total. The van der Waals surface area contributed by atoms with Crippen molar-refractivity contribution in [2.75, 3.05) is 20.2 Å². The van der Waals surface area contributed by atoms with Crippen LogP contribution in [-0.4, -0.2) is 26.1 Å². The minimum atomic E-state index is 0.0274. The highest BCUT2D eigenvalue weighted by Crippen LogP contribution is 2.10. The quantitative estimate of drug-likeness (QED) is 0.706. The molecule has 0 saturated carbocycles. The molecular weight excluding hydrogens is 240 g/mol. The molecule has 0 aliphatic rings. The van der Waals surface area contributed by atoms with Gasteiger partial charge in [-0.1, -0.05) is 26.0 Å². The Hall–Kier alpha value is -1.55. The van der Waals surface area contributed by atoms with E-state index in [2.05, 4.69) is 24.5 Å². The molecule has 4 heteroatoms. The minimum absolute atomic E-state index is 0.0274. The number of hydrogen-bond donors (Lipinski definition) is 2. The number of amides is 1. The standard InChI is InChI=1S/C15H24N2O2/c1-12(2)8-9-16-11-15(18)17-10-13-4-6-14(19-3)7-5-13/h4-7,12,16H,8-11H2,1-3H3,(H,17,18). The highest BCUT2D eigenvalue weighted by Gasteiger charge is 2.01. The molecular formula is C15H24N2O2. The van der Waals surface area contributed by atoms with E-state index in [-0.39, 0.29) is 5.91 Å². The average molecular weight is 264 g/mol. The Kier molecular flexibility index (Phi) is 6.97. The molecule has 0 aliphatic heterocycles. The van der Waals surface area contributed by atoms with Gasteiger partial charge in [-0.05, 0) is 36.6 Å². The fourth-order valence-electron chi connectivity index (χ4n) is 1.60. The van der Waals surface area contributed by atoms with Crippen LogP contribution in [0.4, 0.5) is 0 Å². The zero-order valence-corrected chi connectivity index (χ0v) is 12.0. The van der Waals surface area contributed by atoms with E-state index in [0.717, 1.165) is 24.3 Å². The van der Waals surface area contributed by atoms with Crippen LogP contribution in [0, 0.1) is 5.92 Å². The number of carbonyl (C=O) groups is 1. The topological polar surface area (TPSA) is 50.4 Å². The van der Waals surface area contributed by atoms with Gasteiger partial charge in [0.05, 0.1) is 13.7 Å². The molecule has 1 aromatic rings. The van der Waals surface area contributed by atoms with E-state index in [0.29, 0.717) is 19.0 Å². The molecule has 1 amide bonds. The average Bonchev–Trinajstić information content (AvgIpc) is 2.41. The van der Waals surface area contributed by atoms with Gasteiger partial charge in [-0.2, -0.15) is 0 Å². The normalized spacial score (nSPS) is 10.5. The Labute approximate surface area is 115 Å². The molecule has 0 spiro atoms. The molecule has 0 heterocycles. The third-order valence-electron chi connectivity index (χ3n) is 2.83. The predicted octanol–water partition coefficient (Wildman–Crippen LogP) is 1.95. The number of nitrogens with one attached hydrogen (secondary N) is 2. The third kappa shape index (κ3) is 6.82. The van der Waals surface area contributed by atoms with E-state index in [1.165, 1.54) is 0 Å². The summed E-state index contributed by atoms with van der Waals surface area (Å²) >= 11 is 0. The van der Waals surface area contributed by atoms with Crippen molar-refractivity contribution >= 4 is 5.91 Å². The summed E-state index contributed by atoms with van der Waals surface area (Å²) in [4.78, 5) is 11.6. The van der Waals surface area contributed by atoms with Gasteiger partial charge >= 0.3 is 0 Å². The monoisotopic (exact) mass is 264 g/mol. The fourth-order valence-corrected chi connectivity index (χ4v) is 1.60. The SMILES string of the molecule is COc1ccc(CNC(=O)CNCCC(C)C)cc1. The summed E-state index contributed by atoms with van der Waals surface area (Å²) in [7, 11) is 1.64. The summed E-state index contributed by atoms with van der Waals surface area (Å²) in [5, 5.41) is 6.02. The van der Waals surface area contributed by atoms with Gasteiger partial charge in [0.15, 0.2) is 0 Å². The first-order chi connectivity index (χ1) is 9.11. The fraction of sp³-hybridized carbons (Fsp3) is 0.533. The van der Waals surface area contributed by atoms with Crippen LogP contribution in [-0.2, 0) is 11.3 Å². The van der Waals surface area contributed by atoms with Gasteiger partial charge < -0.3 is 15.4 Å². The molecule has 0 atom stereocenters. The number of hydrogen-bond acceptors (Lipinski definition) is 3. The number of carbonyl (C=O) groups excluding carboxylic acids is 1. The highest BCUT2D eigenvalue weighted by atomic mass is 16.5. The van der Waals surface area contributed by atoms with Crippen molar-refractivity contribution in [3.8, 4) is 5.75 Å². The molecule has 1 rings (SSSR count). The number of methoxy groups -OCH3 is 1. The number of benzene rings is 1. The van der Waals surface area contributed by atoms with Gasteiger partial charge in [-0.25, -0.2) is 0 Å². The van der Waals surface area contributed by atoms with E-state index in [1.807, 2.05) is 24.3 Å². The van der Waals surface area contributed by atoms with Crippen molar-refractivity contribution in [2.24, 2.45) is 5.92 Å². The summed E-state index contributed by atoms with van der Waals surface area (Å²) in [6.45, 7) is 6.15. The van der Waals surface area contributed by atoms with Crippen molar-refractivity contribution in [3.63, 3.8) is 0 Å². The zero-order chi connectivity index (χ0) is 14.1. The number of rotatable bonds is 8. The van der Waals surface area contributed by atoms with Crippen LogP contribution < -0.4 is 15.4 Å². The molecule has 0 aromatic heterocycles. The van der Waals surface area contributed by atoms with Crippen LogP contribution in [0.1, 0.15) is 25.8 Å². The number of ether oxygens (including phenoxy) is 1. The van der Waals surface area contributed by atoms with Crippen LogP contribution in [0.2, 0.25) is 0 Å². The lowest BCUT2D eigenvalue weighted by atomic mass is 10.1. The van der Waals surface area contributed by atoms with E-state index in [9.17, 15) is 4.79 Å². The molecule has 0 fully saturated rings. The van der Waals surface area contributed by atoms with Crippen LogP contribution in [0.3, 0.4) is 0 Å². The van der Waals surface area contributed by atoms with Gasteiger partial charge in [-0.15, -0.1) is 0 Å². The van der Waals surface area contributed by atoms with Crippen molar-refractivity contribution in [2.45, 2.75) is 26.8 Å². The second kappa shape index (κ2) is 8.53. The molecule has 4 nitrogen and oxygen atoms in total. The Bertz CT molecular complexity index is 374. The maximum absolute atomic E-state index is 11.6. The lowest BCUT2D eigenvalue weighted by molar-refractivity contribution is -0.120. The largest absolute Gasteiger partial charge is 0.497 e. The first-order valence-electron chi connectivity index (χ1n) is 6.72. The third-order valence-corrected chi connectivity index (χ3v) is 2.83. The second-order valence-corrected chi connectivity index (χ2v) is 4.98. The van der Waals surface area contributed by atoms with Crippen LogP contribution in [0.15, 0.2) is 24.3 Å². The van der Waals surface area contributed by atoms with Crippen molar-refractivity contribution in [3.05, 3.63) is 29.8 Å². The summed E-state index contributed by atoms with van der Waals surface area (Å²) in [6.07, 6.45) is 1.09. The first-order valence-corrected chi connectivity index (χ1v) is 6.72. The molecule has 0 aliphatic carbocycles.